The van der Waals surface area contributed by atoms with Gasteiger partial charge in [-0.2, -0.15) is 0 Å². The van der Waals surface area contributed by atoms with E-state index in [4.69, 9.17) is 0 Å². The largest absolute Gasteiger partial charge is 0.299 e. The lowest BCUT2D eigenvalue weighted by Gasteiger charge is -2.11. The van der Waals surface area contributed by atoms with Gasteiger partial charge in [-0.05, 0) is 18.8 Å². The van der Waals surface area contributed by atoms with Crippen molar-refractivity contribution in [2.24, 2.45) is 11.8 Å². The maximum Gasteiger partial charge on any atom is 0.135 e. The molecule has 0 aliphatic heterocycles. The molecule has 1 unspecified atom stereocenters. The van der Waals surface area contributed by atoms with E-state index in [1.165, 1.54) is 6.42 Å². The molecule has 78 valence electrons. The van der Waals surface area contributed by atoms with E-state index in [1.54, 1.807) is 0 Å². The van der Waals surface area contributed by atoms with Crippen LogP contribution in [0.4, 0.5) is 0 Å². The van der Waals surface area contributed by atoms with E-state index < -0.39 is 0 Å². The summed E-state index contributed by atoms with van der Waals surface area (Å²) in [6.07, 6.45) is 5.22. The second kappa shape index (κ2) is 7.11. The summed E-state index contributed by atoms with van der Waals surface area (Å²) in [5, 5.41) is 0. The monoisotopic (exact) mass is 184 g/mol. The van der Waals surface area contributed by atoms with E-state index in [0.717, 1.165) is 31.6 Å². The van der Waals surface area contributed by atoms with Gasteiger partial charge in [0.15, 0.2) is 0 Å². The SMILES string of the molecule is CCCCC(=O)C(C)CCC(C)C. The Hall–Kier alpha value is -0.330. The third-order valence-electron chi connectivity index (χ3n) is 2.50. The number of ketones is 1. The number of rotatable bonds is 7. The van der Waals surface area contributed by atoms with Crippen LogP contribution in [0.5, 0.6) is 0 Å². The number of Topliss-reactive ketones (excluding diaryl/α,β-unsaturated/α-hetero) is 1. The zero-order valence-electron chi connectivity index (χ0n) is 9.60. The molecule has 0 aliphatic carbocycles. The van der Waals surface area contributed by atoms with Gasteiger partial charge in [0, 0.05) is 12.3 Å². The van der Waals surface area contributed by atoms with Crippen molar-refractivity contribution in [3.8, 4) is 0 Å². The van der Waals surface area contributed by atoms with Gasteiger partial charge in [0.2, 0.25) is 0 Å². The van der Waals surface area contributed by atoms with Crippen LogP contribution >= 0.6 is 0 Å². The first-order chi connectivity index (χ1) is 6.07. The van der Waals surface area contributed by atoms with Crippen LogP contribution in [0.3, 0.4) is 0 Å². The van der Waals surface area contributed by atoms with Crippen molar-refractivity contribution in [2.45, 2.75) is 59.8 Å². The highest BCUT2D eigenvalue weighted by Crippen LogP contribution is 2.14. The normalized spacial score (nSPS) is 13.3. The number of carbonyl (C=O) groups is 1. The number of carbonyl (C=O) groups excluding carboxylic acids is 1. The fraction of sp³-hybridized carbons (Fsp3) is 0.917. The number of hydrogen-bond donors (Lipinski definition) is 0. The molecule has 0 amide bonds. The van der Waals surface area contributed by atoms with Gasteiger partial charge >= 0.3 is 0 Å². The third-order valence-corrected chi connectivity index (χ3v) is 2.50. The van der Waals surface area contributed by atoms with Crippen LogP contribution in [-0.4, -0.2) is 5.78 Å². The molecule has 1 nitrogen and oxygen atoms in total. The Labute approximate surface area is 82.9 Å². The summed E-state index contributed by atoms with van der Waals surface area (Å²) in [5.41, 5.74) is 0. The summed E-state index contributed by atoms with van der Waals surface area (Å²) in [4.78, 5) is 11.5. The summed E-state index contributed by atoms with van der Waals surface area (Å²) in [6, 6.07) is 0. The first-order valence-corrected chi connectivity index (χ1v) is 5.60. The highest BCUT2D eigenvalue weighted by molar-refractivity contribution is 5.80. The number of unbranched alkanes of at least 4 members (excludes halogenated alkanes) is 1. The highest BCUT2D eigenvalue weighted by Gasteiger charge is 2.12. The Bertz CT molecular complexity index is 138. The molecule has 1 heteroatoms. The Morgan fingerprint density at radius 3 is 2.23 bits per heavy atom. The molecule has 0 rings (SSSR count). The van der Waals surface area contributed by atoms with Crippen LogP contribution in [0.25, 0.3) is 0 Å². The molecule has 0 heterocycles. The molecule has 0 spiro atoms. The fourth-order valence-corrected chi connectivity index (χ4v) is 1.34. The third kappa shape index (κ3) is 6.80. The van der Waals surface area contributed by atoms with Crippen molar-refractivity contribution < 1.29 is 4.79 Å². The zero-order valence-corrected chi connectivity index (χ0v) is 9.60. The molecule has 0 aromatic heterocycles. The van der Waals surface area contributed by atoms with Gasteiger partial charge in [0.1, 0.15) is 5.78 Å². The molecule has 13 heavy (non-hydrogen) atoms. The second-order valence-corrected chi connectivity index (χ2v) is 4.44. The van der Waals surface area contributed by atoms with Crippen LogP contribution in [0.15, 0.2) is 0 Å². The Morgan fingerprint density at radius 1 is 1.15 bits per heavy atom. The molecule has 0 radical (unpaired) electrons. The van der Waals surface area contributed by atoms with Gasteiger partial charge < -0.3 is 0 Å². The van der Waals surface area contributed by atoms with Crippen molar-refractivity contribution in [1.29, 1.82) is 0 Å². The van der Waals surface area contributed by atoms with E-state index in [2.05, 4.69) is 27.7 Å². The predicted molar refractivity (Wildman–Crippen MR) is 57.8 cm³/mol. The van der Waals surface area contributed by atoms with Crippen LogP contribution in [0, 0.1) is 11.8 Å². The first kappa shape index (κ1) is 12.7. The van der Waals surface area contributed by atoms with E-state index in [9.17, 15) is 4.79 Å². The smallest absolute Gasteiger partial charge is 0.135 e. The maximum atomic E-state index is 11.5. The molecule has 0 saturated carbocycles. The molecule has 0 aromatic rings. The molecule has 1 atom stereocenters. The minimum atomic E-state index is 0.286. The van der Waals surface area contributed by atoms with Gasteiger partial charge in [-0.1, -0.05) is 40.5 Å². The minimum absolute atomic E-state index is 0.286. The molecular formula is C12H24O. The number of hydrogen-bond acceptors (Lipinski definition) is 1. The molecule has 0 N–H and O–H groups in total. The second-order valence-electron chi connectivity index (χ2n) is 4.44. The van der Waals surface area contributed by atoms with Crippen LogP contribution in [0.2, 0.25) is 0 Å². The van der Waals surface area contributed by atoms with Crippen molar-refractivity contribution in [3.05, 3.63) is 0 Å². The summed E-state index contributed by atoms with van der Waals surface area (Å²) < 4.78 is 0. The zero-order chi connectivity index (χ0) is 10.3. The highest BCUT2D eigenvalue weighted by atomic mass is 16.1. The Morgan fingerprint density at radius 2 is 1.77 bits per heavy atom. The average molecular weight is 184 g/mol. The van der Waals surface area contributed by atoms with Crippen molar-refractivity contribution in [3.63, 3.8) is 0 Å². The Kier molecular flexibility index (Phi) is 6.93. The van der Waals surface area contributed by atoms with Gasteiger partial charge in [-0.25, -0.2) is 0 Å². The van der Waals surface area contributed by atoms with E-state index in [0.29, 0.717) is 5.78 Å². The molecule has 0 aliphatic rings. The van der Waals surface area contributed by atoms with Crippen molar-refractivity contribution in [2.75, 3.05) is 0 Å². The summed E-state index contributed by atoms with van der Waals surface area (Å²) in [6.45, 7) is 8.62. The van der Waals surface area contributed by atoms with Gasteiger partial charge in [0.25, 0.3) is 0 Å². The lowest BCUT2D eigenvalue weighted by atomic mass is 9.93. The quantitative estimate of drug-likeness (QED) is 0.588. The first-order valence-electron chi connectivity index (χ1n) is 5.60. The summed E-state index contributed by atoms with van der Waals surface area (Å²) in [7, 11) is 0. The minimum Gasteiger partial charge on any atom is -0.299 e. The van der Waals surface area contributed by atoms with Gasteiger partial charge in [0.05, 0.1) is 0 Å². The summed E-state index contributed by atoms with van der Waals surface area (Å²) >= 11 is 0. The standard InChI is InChI=1S/C12H24O/c1-5-6-7-12(13)11(4)9-8-10(2)3/h10-11H,5-9H2,1-4H3. The van der Waals surface area contributed by atoms with Gasteiger partial charge in [-0.15, -0.1) is 0 Å². The van der Waals surface area contributed by atoms with Gasteiger partial charge in [-0.3, -0.25) is 4.79 Å². The lowest BCUT2D eigenvalue weighted by Crippen LogP contribution is -2.11. The lowest BCUT2D eigenvalue weighted by molar-refractivity contribution is -0.122. The molecule has 0 saturated heterocycles. The van der Waals surface area contributed by atoms with Crippen LogP contribution < -0.4 is 0 Å². The van der Waals surface area contributed by atoms with Crippen molar-refractivity contribution >= 4 is 5.78 Å². The van der Waals surface area contributed by atoms with Crippen molar-refractivity contribution in [1.82, 2.24) is 0 Å². The fourth-order valence-electron chi connectivity index (χ4n) is 1.34. The van der Waals surface area contributed by atoms with Crippen LogP contribution in [-0.2, 0) is 4.79 Å². The van der Waals surface area contributed by atoms with Crippen LogP contribution in [0.1, 0.15) is 59.8 Å². The average Bonchev–Trinajstić information content (AvgIpc) is 2.10. The summed E-state index contributed by atoms with van der Waals surface area (Å²) in [5.74, 6) is 1.47. The Balaban J connectivity index is 3.57. The topological polar surface area (TPSA) is 17.1 Å². The van der Waals surface area contributed by atoms with E-state index in [-0.39, 0.29) is 5.92 Å². The molecular weight excluding hydrogens is 160 g/mol. The maximum absolute atomic E-state index is 11.5. The van der Waals surface area contributed by atoms with E-state index in [1.807, 2.05) is 0 Å². The molecule has 0 fully saturated rings. The molecule has 0 bridgehead atoms. The molecule has 0 aromatic carbocycles. The van der Waals surface area contributed by atoms with E-state index >= 15 is 0 Å². The predicted octanol–water partition coefficient (Wildman–Crippen LogP) is 3.82.